The lowest BCUT2D eigenvalue weighted by molar-refractivity contribution is 0.133. The highest BCUT2D eigenvalue weighted by molar-refractivity contribution is 14.1. The van der Waals surface area contributed by atoms with Gasteiger partial charge in [0.05, 0.1) is 15.3 Å². The number of ether oxygens (including phenoxy) is 1. The first kappa shape index (κ1) is 15.5. The molecule has 0 saturated carbocycles. The number of aliphatic hydroxyl groups is 1. The molecule has 20 heavy (non-hydrogen) atoms. The highest BCUT2D eigenvalue weighted by Gasteiger charge is 2.15. The molecule has 0 radical (unpaired) electrons. The number of aryl methyl sites for hydroxylation is 1. The van der Waals surface area contributed by atoms with Gasteiger partial charge in [-0.2, -0.15) is 0 Å². The fourth-order valence-electron chi connectivity index (χ4n) is 2.45. The number of hydrogen-bond acceptors (Lipinski definition) is 2. The highest BCUT2D eigenvalue weighted by Crippen LogP contribution is 2.29. The lowest BCUT2D eigenvalue weighted by Gasteiger charge is -2.07. The van der Waals surface area contributed by atoms with Gasteiger partial charge in [0.2, 0.25) is 0 Å². The van der Waals surface area contributed by atoms with Crippen LogP contribution in [0.25, 0.3) is 10.9 Å². The predicted octanol–water partition coefficient (Wildman–Crippen LogP) is 3.72. The third-order valence-corrected chi connectivity index (χ3v) is 4.60. The molecule has 0 amide bonds. The number of aliphatic hydroxyl groups excluding tert-OH is 1. The summed E-state index contributed by atoms with van der Waals surface area (Å²) in [5.41, 5.74) is 2.48. The molecule has 3 nitrogen and oxygen atoms in total. The summed E-state index contributed by atoms with van der Waals surface area (Å²) in [5, 5.41) is 11.1. The standard InChI is InChI=1S/C16H20INO2/c1-3-6-12(19)9-10-14-13-7-4-5-8-15(13)18(11-20-2)16(14)17/h3-8,12,19H,9-11H2,1-2H3/b6-3+. The number of benzene rings is 1. The Bertz CT molecular complexity index is 604. The van der Waals surface area contributed by atoms with Gasteiger partial charge in [0, 0.05) is 12.5 Å². The van der Waals surface area contributed by atoms with Gasteiger partial charge in [-0.25, -0.2) is 0 Å². The lowest BCUT2D eigenvalue weighted by atomic mass is 10.1. The topological polar surface area (TPSA) is 34.4 Å². The zero-order valence-corrected chi connectivity index (χ0v) is 14.0. The summed E-state index contributed by atoms with van der Waals surface area (Å²) in [6.45, 7) is 2.48. The molecule has 0 saturated heterocycles. The molecule has 2 aromatic rings. The maximum Gasteiger partial charge on any atom is 0.123 e. The van der Waals surface area contributed by atoms with Crippen LogP contribution in [0.3, 0.4) is 0 Å². The normalized spacial score (nSPS) is 13.4. The number of para-hydroxylation sites is 1. The van der Waals surface area contributed by atoms with Crippen LogP contribution in [0.5, 0.6) is 0 Å². The Hall–Kier alpha value is -0.850. The first-order valence-electron chi connectivity index (χ1n) is 6.74. The van der Waals surface area contributed by atoms with Crippen LogP contribution in [0.2, 0.25) is 0 Å². The van der Waals surface area contributed by atoms with Gasteiger partial charge in [0.1, 0.15) is 6.73 Å². The maximum absolute atomic E-state index is 9.86. The Kier molecular flexibility index (Phi) is 5.63. The lowest BCUT2D eigenvalue weighted by Crippen LogP contribution is -2.05. The molecule has 4 heteroatoms. The summed E-state index contributed by atoms with van der Waals surface area (Å²) in [6.07, 6.45) is 4.95. The van der Waals surface area contributed by atoms with Gasteiger partial charge >= 0.3 is 0 Å². The molecular formula is C16H20INO2. The summed E-state index contributed by atoms with van der Waals surface area (Å²) >= 11 is 2.37. The van der Waals surface area contributed by atoms with Gasteiger partial charge in [-0.1, -0.05) is 30.4 Å². The van der Waals surface area contributed by atoms with Crippen molar-refractivity contribution in [1.29, 1.82) is 0 Å². The van der Waals surface area contributed by atoms with Crippen LogP contribution in [0, 0.1) is 3.70 Å². The van der Waals surface area contributed by atoms with Crippen molar-refractivity contribution in [2.45, 2.75) is 32.6 Å². The van der Waals surface area contributed by atoms with Crippen LogP contribution in [-0.4, -0.2) is 22.9 Å². The third kappa shape index (κ3) is 3.24. The number of fused-ring (bicyclic) bond motifs is 1. The first-order chi connectivity index (χ1) is 9.69. The molecule has 0 fully saturated rings. The first-order valence-corrected chi connectivity index (χ1v) is 7.82. The van der Waals surface area contributed by atoms with E-state index in [9.17, 15) is 5.11 Å². The number of aromatic nitrogens is 1. The summed E-state index contributed by atoms with van der Waals surface area (Å²) < 4.78 is 8.66. The van der Waals surface area contributed by atoms with E-state index in [2.05, 4.69) is 45.4 Å². The van der Waals surface area contributed by atoms with Crippen molar-refractivity contribution in [3.05, 3.63) is 45.7 Å². The Morgan fingerprint density at radius 1 is 1.40 bits per heavy atom. The smallest absolute Gasteiger partial charge is 0.123 e. The molecule has 1 N–H and O–H groups in total. The average Bonchev–Trinajstić information content (AvgIpc) is 2.71. The second-order valence-corrected chi connectivity index (χ2v) is 5.79. The van der Waals surface area contributed by atoms with E-state index < -0.39 is 0 Å². The van der Waals surface area contributed by atoms with Crippen LogP contribution in [0.4, 0.5) is 0 Å². The van der Waals surface area contributed by atoms with E-state index in [0.29, 0.717) is 6.73 Å². The monoisotopic (exact) mass is 385 g/mol. The molecule has 0 spiro atoms. The number of rotatable bonds is 6. The highest BCUT2D eigenvalue weighted by atomic mass is 127. The van der Waals surface area contributed by atoms with Crippen molar-refractivity contribution in [3.63, 3.8) is 0 Å². The van der Waals surface area contributed by atoms with E-state index in [-0.39, 0.29) is 6.10 Å². The summed E-state index contributed by atoms with van der Waals surface area (Å²) in [7, 11) is 1.71. The molecular weight excluding hydrogens is 365 g/mol. The second-order valence-electron chi connectivity index (χ2n) is 4.76. The molecule has 1 unspecified atom stereocenters. The largest absolute Gasteiger partial charge is 0.389 e. The minimum absolute atomic E-state index is 0.375. The number of hydrogen-bond donors (Lipinski definition) is 1. The van der Waals surface area contributed by atoms with Crippen LogP contribution in [0.1, 0.15) is 18.9 Å². The van der Waals surface area contributed by atoms with Crippen molar-refractivity contribution in [1.82, 2.24) is 4.57 Å². The van der Waals surface area contributed by atoms with Gasteiger partial charge in [-0.05, 0) is 54.0 Å². The van der Waals surface area contributed by atoms with E-state index in [0.717, 1.165) is 12.8 Å². The van der Waals surface area contributed by atoms with Crippen LogP contribution in [0.15, 0.2) is 36.4 Å². The van der Waals surface area contributed by atoms with Gasteiger partial charge in [-0.15, -0.1) is 0 Å². The Morgan fingerprint density at radius 3 is 2.85 bits per heavy atom. The van der Waals surface area contributed by atoms with Gasteiger partial charge in [-0.3, -0.25) is 0 Å². The van der Waals surface area contributed by atoms with E-state index in [1.165, 1.54) is 20.2 Å². The van der Waals surface area contributed by atoms with Gasteiger partial charge in [0.25, 0.3) is 0 Å². The summed E-state index contributed by atoms with van der Waals surface area (Å²) in [6, 6.07) is 8.36. The molecule has 1 aromatic heterocycles. The molecule has 1 heterocycles. The number of methoxy groups -OCH3 is 1. The fourth-order valence-corrected chi connectivity index (χ4v) is 3.41. The summed E-state index contributed by atoms with van der Waals surface area (Å²) in [5.74, 6) is 0. The van der Waals surface area contributed by atoms with Crippen molar-refractivity contribution in [2.75, 3.05) is 7.11 Å². The molecule has 0 aliphatic rings. The van der Waals surface area contributed by atoms with E-state index in [1.54, 1.807) is 7.11 Å². The van der Waals surface area contributed by atoms with Gasteiger partial charge in [0.15, 0.2) is 0 Å². The van der Waals surface area contributed by atoms with Crippen LogP contribution < -0.4 is 0 Å². The second kappa shape index (κ2) is 7.24. The Labute approximate surface area is 133 Å². The third-order valence-electron chi connectivity index (χ3n) is 3.37. The van der Waals surface area contributed by atoms with Crippen molar-refractivity contribution in [2.24, 2.45) is 0 Å². The van der Waals surface area contributed by atoms with Gasteiger partial charge < -0.3 is 14.4 Å². The molecule has 0 aliphatic heterocycles. The fraction of sp³-hybridized carbons (Fsp3) is 0.375. The quantitative estimate of drug-likeness (QED) is 0.608. The molecule has 0 aliphatic carbocycles. The van der Waals surface area contributed by atoms with E-state index >= 15 is 0 Å². The van der Waals surface area contributed by atoms with Crippen molar-refractivity contribution >= 4 is 33.5 Å². The number of halogens is 1. The van der Waals surface area contributed by atoms with E-state index in [4.69, 9.17) is 4.74 Å². The Balaban J connectivity index is 2.34. The molecule has 1 aromatic carbocycles. The average molecular weight is 385 g/mol. The minimum atomic E-state index is -0.375. The predicted molar refractivity (Wildman–Crippen MR) is 90.8 cm³/mol. The molecule has 2 rings (SSSR count). The zero-order chi connectivity index (χ0) is 14.5. The maximum atomic E-state index is 9.86. The Morgan fingerprint density at radius 2 is 2.15 bits per heavy atom. The van der Waals surface area contributed by atoms with E-state index in [1.807, 2.05) is 25.1 Å². The zero-order valence-electron chi connectivity index (χ0n) is 11.8. The summed E-state index contributed by atoms with van der Waals surface area (Å²) in [4.78, 5) is 0. The molecule has 1 atom stereocenters. The molecule has 108 valence electrons. The number of allylic oxidation sites excluding steroid dienone is 1. The van der Waals surface area contributed by atoms with Crippen LogP contribution in [-0.2, 0) is 17.9 Å². The van der Waals surface area contributed by atoms with Crippen LogP contribution >= 0.6 is 22.6 Å². The molecule has 0 bridgehead atoms. The van der Waals surface area contributed by atoms with Crippen molar-refractivity contribution in [3.8, 4) is 0 Å². The number of nitrogens with zero attached hydrogens (tertiary/aromatic N) is 1. The van der Waals surface area contributed by atoms with Crippen molar-refractivity contribution < 1.29 is 9.84 Å². The SMILES string of the molecule is C/C=C/C(O)CCc1c(I)n(COC)c2ccccc12. The minimum Gasteiger partial charge on any atom is -0.389 e.